The molecule has 2 rings (SSSR count). The second kappa shape index (κ2) is 6.52. The minimum atomic E-state index is -3.43. The van der Waals surface area contributed by atoms with Crippen LogP contribution in [0.4, 0.5) is 0 Å². The predicted octanol–water partition coefficient (Wildman–Crippen LogP) is 2.08. The van der Waals surface area contributed by atoms with Crippen molar-refractivity contribution in [3.63, 3.8) is 0 Å². The highest BCUT2D eigenvalue weighted by Gasteiger charge is 2.32. The van der Waals surface area contributed by atoms with Crippen molar-refractivity contribution in [2.24, 2.45) is 5.92 Å². The molecule has 2 unspecified atom stereocenters. The lowest BCUT2D eigenvalue weighted by Crippen LogP contribution is -2.45. The Kier molecular flexibility index (Phi) is 4.96. The molecule has 1 N–H and O–H groups in total. The third-order valence-corrected chi connectivity index (χ3v) is 5.38. The maximum Gasteiger partial charge on any atom is 0.236 e. The number of sulfonamides is 1. The number of piperidine rings is 1. The molecule has 0 radical (unpaired) electrons. The lowest BCUT2D eigenvalue weighted by atomic mass is 9.96. The van der Waals surface area contributed by atoms with Crippen molar-refractivity contribution in [1.82, 2.24) is 4.31 Å². The molecule has 0 bridgehead atoms. The van der Waals surface area contributed by atoms with Gasteiger partial charge < -0.3 is 5.11 Å². The van der Waals surface area contributed by atoms with Crippen LogP contribution in [0.5, 0.6) is 0 Å². The van der Waals surface area contributed by atoms with Gasteiger partial charge in [0.25, 0.3) is 0 Å². The molecule has 0 amide bonds. The first-order chi connectivity index (χ1) is 9.53. The molecule has 0 saturated carbocycles. The Bertz CT molecular complexity index is 554. The highest BCUT2D eigenvalue weighted by atomic mass is 32.2. The van der Waals surface area contributed by atoms with E-state index >= 15 is 0 Å². The quantitative estimate of drug-likeness (QED) is 0.925. The molecule has 1 aliphatic heterocycles. The fraction of sp³-hybridized carbons (Fsp3) is 0.467. The van der Waals surface area contributed by atoms with E-state index in [1.165, 1.54) is 9.71 Å². The second-order valence-corrected chi connectivity index (χ2v) is 7.07. The van der Waals surface area contributed by atoms with Gasteiger partial charge in [0.05, 0.1) is 0 Å². The number of aliphatic hydroxyl groups is 1. The van der Waals surface area contributed by atoms with E-state index in [1.54, 1.807) is 6.08 Å². The summed E-state index contributed by atoms with van der Waals surface area (Å²) in [6.07, 6.45) is 3.29. The molecule has 1 heterocycles. The van der Waals surface area contributed by atoms with Crippen LogP contribution in [0.1, 0.15) is 25.3 Å². The molecule has 0 spiro atoms. The Morgan fingerprint density at radius 2 is 2.00 bits per heavy atom. The normalized spacial score (nSPS) is 25.1. The first-order valence-electron chi connectivity index (χ1n) is 6.89. The van der Waals surface area contributed by atoms with Gasteiger partial charge in [0.15, 0.2) is 0 Å². The average molecular weight is 295 g/mol. The predicted molar refractivity (Wildman–Crippen MR) is 80.4 cm³/mol. The van der Waals surface area contributed by atoms with Crippen molar-refractivity contribution in [3.8, 4) is 0 Å². The number of benzene rings is 1. The topological polar surface area (TPSA) is 57.6 Å². The van der Waals surface area contributed by atoms with Crippen LogP contribution in [0.15, 0.2) is 35.7 Å². The highest BCUT2D eigenvalue weighted by Crippen LogP contribution is 2.25. The van der Waals surface area contributed by atoms with Crippen LogP contribution >= 0.6 is 0 Å². The largest absolute Gasteiger partial charge is 0.396 e. The van der Waals surface area contributed by atoms with Gasteiger partial charge in [0, 0.05) is 24.6 Å². The monoisotopic (exact) mass is 295 g/mol. The van der Waals surface area contributed by atoms with E-state index in [0.29, 0.717) is 6.54 Å². The molecule has 1 saturated heterocycles. The molecule has 1 aromatic carbocycles. The third kappa shape index (κ3) is 3.69. The van der Waals surface area contributed by atoms with Crippen molar-refractivity contribution in [2.45, 2.75) is 25.8 Å². The summed E-state index contributed by atoms with van der Waals surface area (Å²) in [7, 11) is -3.43. The van der Waals surface area contributed by atoms with Crippen molar-refractivity contribution in [1.29, 1.82) is 0 Å². The third-order valence-electron chi connectivity index (χ3n) is 3.74. The Balaban J connectivity index is 2.15. The Hall–Kier alpha value is -1.17. The Morgan fingerprint density at radius 1 is 1.30 bits per heavy atom. The van der Waals surface area contributed by atoms with E-state index in [-0.39, 0.29) is 18.6 Å². The molecule has 0 aliphatic carbocycles. The van der Waals surface area contributed by atoms with Crippen LogP contribution in [0.25, 0.3) is 6.08 Å². The smallest absolute Gasteiger partial charge is 0.236 e. The zero-order valence-corrected chi connectivity index (χ0v) is 12.5. The van der Waals surface area contributed by atoms with Crippen molar-refractivity contribution < 1.29 is 13.5 Å². The summed E-state index contributed by atoms with van der Waals surface area (Å²) in [5.74, 6) is 0.0473. The maximum absolute atomic E-state index is 12.4. The molecule has 1 aliphatic rings. The van der Waals surface area contributed by atoms with Gasteiger partial charge in [0.2, 0.25) is 10.0 Å². The standard InChI is InChI=1S/C15H21NO3S/c1-13-7-8-15(12-17)11-16(13)20(18,19)10-9-14-5-3-2-4-6-14/h2-6,9-10,13,15,17H,7-8,11-12H2,1H3/b10-9+. The molecule has 1 aromatic rings. The first kappa shape index (κ1) is 15.2. The number of rotatable bonds is 4. The maximum atomic E-state index is 12.4. The second-order valence-electron chi connectivity index (χ2n) is 5.30. The molecular formula is C15H21NO3S. The zero-order chi connectivity index (χ0) is 14.6. The van der Waals surface area contributed by atoms with Crippen LogP contribution in [-0.4, -0.2) is 37.0 Å². The van der Waals surface area contributed by atoms with Crippen LogP contribution in [0.3, 0.4) is 0 Å². The first-order valence-corrected chi connectivity index (χ1v) is 8.39. The van der Waals surface area contributed by atoms with Crippen molar-refractivity contribution in [2.75, 3.05) is 13.2 Å². The summed E-state index contributed by atoms with van der Waals surface area (Å²) in [5.41, 5.74) is 0.861. The summed E-state index contributed by atoms with van der Waals surface area (Å²) < 4.78 is 26.3. The molecule has 110 valence electrons. The highest BCUT2D eigenvalue weighted by molar-refractivity contribution is 7.92. The summed E-state index contributed by atoms with van der Waals surface area (Å²) in [5, 5.41) is 10.5. The fourth-order valence-corrected chi connectivity index (χ4v) is 3.97. The van der Waals surface area contributed by atoms with Gasteiger partial charge in [-0.05, 0) is 37.3 Å². The molecular weight excluding hydrogens is 274 g/mol. The lowest BCUT2D eigenvalue weighted by molar-refractivity contribution is 0.140. The summed E-state index contributed by atoms with van der Waals surface area (Å²) in [6, 6.07) is 9.35. The Morgan fingerprint density at radius 3 is 2.65 bits per heavy atom. The van der Waals surface area contributed by atoms with Gasteiger partial charge >= 0.3 is 0 Å². The molecule has 20 heavy (non-hydrogen) atoms. The van der Waals surface area contributed by atoms with E-state index in [2.05, 4.69) is 0 Å². The number of nitrogens with zero attached hydrogens (tertiary/aromatic N) is 1. The fourth-order valence-electron chi connectivity index (χ4n) is 2.46. The number of hydrogen-bond acceptors (Lipinski definition) is 3. The van der Waals surface area contributed by atoms with Crippen molar-refractivity contribution >= 4 is 16.1 Å². The van der Waals surface area contributed by atoms with E-state index < -0.39 is 10.0 Å². The van der Waals surface area contributed by atoms with Gasteiger partial charge in [-0.2, -0.15) is 4.31 Å². The minimum absolute atomic E-state index is 0.0109. The van der Waals surface area contributed by atoms with Crippen LogP contribution in [0.2, 0.25) is 0 Å². The average Bonchev–Trinajstić information content (AvgIpc) is 2.47. The summed E-state index contributed by atoms with van der Waals surface area (Å²) >= 11 is 0. The lowest BCUT2D eigenvalue weighted by Gasteiger charge is -2.35. The van der Waals surface area contributed by atoms with E-state index in [4.69, 9.17) is 0 Å². The summed E-state index contributed by atoms with van der Waals surface area (Å²) in [6.45, 7) is 2.36. The molecule has 0 aromatic heterocycles. The van der Waals surface area contributed by atoms with Gasteiger partial charge in [-0.25, -0.2) is 8.42 Å². The van der Waals surface area contributed by atoms with Gasteiger partial charge in [-0.1, -0.05) is 30.3 Å². The zero-order valence-electron chi connectivity index (χ0n) is 11.6. The van der Waals surface area contributed by atoms with Crippen LogP contribution < -0.4 is 0 Å². The molecule has 4 nitrogen and oxygen atoms in total. The summed E-state index contributed by atoms with van der Waals surface area (Å²) in [4.78, 5) is 0. The van der Waals surface area contributed by atoms with E-state index in [9.17, 15) is 13.5 Å². The number of hydrogen-bond donors (Lipinski definition) is 1. The van der Waals surface area contributed by atoms with Gasteiger partial charge in [-0.15, -0.1) is 0 Å². The van der Waals surface area contributed by atoms with Gasteiger partial charge in [-0.3, -0.25) is 0 Å². The minimum Gasteiger partial charge on any atom is -0.396 e. The molecule has 5 heteroatoms. The SMILES string of the molecule is CC1CCC(CO)CN1S(=O)(=O)/C=C/c1ccccc1. The van der Waals surface area contributed by atoms with Crippen molar-refractivity contribution in [3.05, 3.63) is 41.3 Å². The number of aliphatic hydroxyl groups excluding tert-OH is 1. The van der Waals surface area contributed by atoms with Crippen LogP contribution in [-0.2, 0) is 10.0 Å². The molecule has 1 fully saturated rings. The molecule has 2 atom stereocenters. The van der Waals surface area contributed by atoms with Crippen LogP contribution in [0, 0.1) is 5.92 Å². The Labute approximate surface area is 120 Å². The van der Waals surface area contributed by atoms with E-state index in [0.717, 1.165) is 18.4 Å². The van der Waals surface area contributed by atoms with Gasteiger partial charge in [0.1, 0.15) is 0 Å². The van der Waals surface area contributed by atoms with E-state index in [1.807, 2.05) is 37.3 Å².